The largest absolute Gasteiger partial charge is 0.258 e. The Bertz CT molecular complexity index is 746. The van der Waals surface area contributed by atoms with Crippen molar-refractivity contribution in [3.8, 4) is 0 Å². The van der Waals surface area contributed by atoms with Crippen LogP contribution in [0.25, 0.3) is 0 Å². The summed E-state index contributed by atoms with van der Waals surface area (Å²) in [6, 6.07) is 23.5. The lowest BCUT2D eigenvalue weighted by atomic mass is 9.94. The second-order valence-corrected chi connectivity index (χ2v) is 5.81. The molecule has 0 N–H and O–H groups in total. The van der Waals surface area contributed by atoms with Crippen LogP contribution in [-0.2, 0) is 12.8 Å². The van der Waals surface area contributed by atoms with Gasteiger partial charge in [-0.1, -0.05) is 60.7 Å². The van der Waals surface area contributed by atoms with Crippen LogP contribution in [0.2, 0.25) is 0 Å². The molecule has 1 heterocycles. The Hall–Kier alpha value is -2.41. The highest BCUT2D eigenvalue weighted by atomic mass is 14.7. The maximum absolute atomic E-state index is 4.67. The number of rotatable bonds is 4. The Morgan fingerprint density at radius 2 is 1.27 bits per heavy atom. The molecule has 3 aromatic rings. The van der Waals surface area contributed by atoms with Crippen LogP contribution in [-0.4, -0.2) is 4.98 Å². The summed E-state index contributed by atoms with van der Waals surface area (Å²) in [6.45, 7) is 4.20. The molecule has 0 amide bonds. The predicted octanol–water partition coefficient (Wildman–Crippen LogP) is 4.88. The summed E-state index contributed by atoms with van der Waals surface area (Å²) in [6.07, 6.45) is 1.91. The third kappa shape index (κ3) is 3.43. The van der Waals surface area contributed by atoms with Gasteiger partial charge in [-0.3, -0.25) is 4.98 Å². The zero-order chi connectivity index (χ0) is 15.4. The molecule has 2 aromatic carbocycles. The van der Waals surface area contributed by atoms with E-state index in [1.165, 1.54) is 22.3 Å². The average Bonchev–Trinajstić information content (AvgIpc) is 2.53. The summed E-state index contributed by atoms with van der Waals surface area (Å²) in [5.41, 5.74) is 7.68. The van der Waals surface area contributed by atoms with Crippen molar-refractivity contribution in [2.75, 3.05) is 0 Å². The number of hydrogen-bond acceptors (Lipinski definition) is 1. The first kappa shape index (κ1) is 14.5. The fourth-order valence-corrected chi connectivity index (χ4v) is 2.95. The molecule has 22 heavy (non-hydrogen) atoms. The van der Waals surface area contributed by atoms with Gasteiger partial charge in [-0.15, -0.1) is 0 Å². The van der Waals surface area contributed by atoms with Crippen molar-refractivity contribution in [2.45, 2.75) is 26.7 Å². The zero-order valence-electron chi connectivity index (χ0n) is 13.2. The smallest absolute Gasteiger partial charge is 0.0414 e. The van der Waals surface area contributed by atoms with Gasteiger partial charge in [0, 0.05) is 11.4 Å². The predicted molar refractivity (Wildman–Crippen MR) is 92.2 cm³/mol. The van der Waals surface area contributed by atoms with Gasteiger partial charge in [-0.25, -0.2) is 0 Å². The third-order valence-electron chi connectivity index (χ3n) is 4.01. The van der Waals surface area contributed by atoms with Crippen molar-refractivity contribution in [3.63, 3.8) is 0 Å². The minimum absolute atomic E-state index is 0.947. The lowest BCUT2D eigenvalue weighted by Gasteiger charge is -2.14. The summed E-state index contributed by atoms with van der Waals surface area (Å²) in [4.78, 5) is 4.67. The molecule has 0 saturated carbocycles. The van der Waals surface area contributed by atoms with E-state index < -0.39 is 0 Å². The maximum atomic E-state index is 4.67. The molecular formula is C21H21N. The highest BCUT2D eigenvalue weighted by molar-refractivity contribution is 5.39. The molecule has 0 saturated heterocycles. The van der Waals surface area contributed by atoms with E-state index in [1.807, 2.05) is 0 Å². The van der Waals surface area contributed by atoms with Crippen LogP contribution < -0.4 is 0 Å². The van der Waals surface area contributed by atoms with Crippen LogP contribution in [0.4, 0.5) is 0 Å². The SMILES string of the molecule is Cc1cc(Cc2ccccc2)c(Cc2ccccc2)c(C)n1. The molecule has 1 aromatic heterocycles. The summed E-state index contributed by atoms with van der Waals surface area (Å²) >= 11 is 0. The molecule has 0 radical (unpaired) electrons. The van der Waals surface area contributed by atoms with Crippen LogP contribution in [0.1, 0.15) is 33.6 Å². The average molecular weight is 287 g/mol. The molecule has 0 bridgehead atoms. The molecule has 0 aliphatic rings. The normalized spacial score (nSPS) is 10.6. The van der Waals surface area contributed by atoms with Gasteiger partial charge in [-0.05, 0) is 55.0 Å². The monoisotopic (exact) mass is 287 g/mol. The Morgan fingerprint density at radius 1 is 0.727 bits per heavy atom. The third-order valence-corrected chi connectivity index (χ3v) is 4.01. The van der Waals surface area contributed by atoms with Gasteiger partial charge < -0.3 is 0 Å². The topological polar surface area (TPSA) is 12.9 Å². The van der Waals surface area contributed by atoms with Crippen molar-refractivity contribution in [1.29, 1.82) is 0 Å². The van der Waals surface area contributed by atoms with Gasteiger partial charge in [0.1, 0.15) is 0 Å². The first-order valence-electron chi connectivity index (χ1n) is 7.76. The lowest BCUT2D eigenvalue weighted by molar-refractivity contribution is 0.989. The zero-order valence-corrected chi connectivity index (χ0v) is 13.2. The molecule has 110 valence electrons. The van der Waals surface area contributed by atoms with E-state index in [0.29, 0.717) is 0 Å². The Morgan fingerprint density at radius 3 is 1.86 bits per heavy atom. The van der Waals surface area contributed by atoms with Crippen LogP contribution in [0, 0.1) is 13.8 Å². The number of pyridine rings is 1. The molecule has 0 spiro atoms. The fraction of sp³-hybridized carbons (Fsp3) is 0.190. The summed E-state index contributed by atoms with van der Waals surface area (Å²) in [5.74, 6) is 0. The van der Waals surface area contributed by atoms with Crippen molar-refractivity contribution < 1.29 is 0 Å². The van der Waals surface area contributed by atoms with E-state index in [-0.39, 0.29) is 0 Å². The Labute approximate surface area is 132 Å². The summed E-state index contributed by atoms with van der Waals surface area (Å²) in [5, 5.41) is 0. The van der Waals surface area contributed by atoms with E-state index in [9.17, 15) is 0 Å². The highest BCUT2D eigenvalue weighted by Crippen LogP contribution is 2.21. The minimum atomic E-state index is 0.947. The van der Waals surface area contributed by atoms with Gasteiger partial charge >= 0.3 is 0 Å². The standard InChI is InChI=1S/C21H21N/c1-16-13-20(14-18-9-5-3-6-10-18)21(17(2)22-16)15-19-11-7-4-8-12-19/h3-13H,14-15H2,1-2H3. The second-order valence-electron chi connectivity index (χ2n) is 5.81. The van der Waals surface area contributed by atoms with Crippen LogP contribution in [0.3, 0.4) is 0 Å². The molecule has 3 rings (SSSR count). The van der Waals surface area contributed by atoms with Gasteiger partial charge in [-0.2, -0.15) is 0 Å². The minimum Gasteiger partial charge on any atom is -0.258 e. The number of hydrogen-bond donors (Lipinski definition) is 0. The molecule has 0 atom stereocenters. The molecule has 1 nitrogen and oxygen atoms in total. The quantitative estimate of drug-likeness (QED) is 0.666. The van der Waals surface area contributed by atoms with Crippen LogP contribution in [0.5, 0.6) is 0 Å². The number of benzene rings is 2. The Balaban J connectivity index is 1.97. The van der Waals surface area contributed by atoms with Gasteiger partial charge in [0.25, 0.3) is 0 Å². The molecule has 1 heteroatoms. The lowest BCUT2D eigenvalue weighted by Crippen LogP contribution is -2.04. The first-order chi connectivity index (χ1) is 10.7. The van der Waals surface area contributed by atoms with E-state index >= 15 is 0 Å². The van der Waals surface area contributed by atoms with Gasteiger partial charge in [0.05, 0.1) is 0 Å². The highest BCUT2D eigenvalue weighted by Gasteiger charge is 2.10. The van der Waals surface area contributed by atoms with E-state index in [4.69, 9.17) is 0 Å². The molecule has 0 fully saturated rings. The van der Waals surface area contributed by atoms with Gasteiger partial charge in [0.15, 0.2) is 0 Å². The number of aryl methyl sites for hydroxylation is 2. The van der Waals surface area contributed by atoms with Crippen molar-refractivity contribution in [3.05, 3.63) is 100 Å². The molecule has 0 unspecified atom stereocenters. The van der Waals surface area contributed by atoms with E-state index in [0.717, 1.165) is 24.2 Å². The van der Waals surface area contributed by atoms with Crippen LogP contribution in [0.15, 0.2) is 66.7 Å². The number of nitrogens with zero attached hydrogens (tertiary/aromatic N) is 1. The van der Waals surface area contributed by atoms with Gasteiger partial charge in [0.2, 0.25) is 0 Å². The fourth-order valence-electron chi connectivity index (χ4n) is 2.95. The van der Waals surface area contributed by atoms with Crippen LogP contribution >= 0.6 is 0 Å². The number of aromatic nitrogens is 1. The first-order valence-corrected chi connectivity index (χ1v) is 7.76. The van der Waals surface area contributed by atoms with E-state index in [2.05, 4.69) is 85.6 Å². The van der Waals surface area contributed by atoms with E-state index in [1.54, 1.807) is 0 Å². The maximum Gasteiger partial charge on any atom is 0.0414 e. The second kappa shape index (κ2) is 6.57. The summed E-state index contributed by atoms with van der Waals surface area (Å²) in [7, 11) is 0. The molecular weight excluding hydrogens is 266 g/mol. The summed E-state index contributed by atoms with van der Waals surface area (Å²) < 4.78 is 0. The Kier molecular flexibility index (Phi) is 4.34. The molecule has 0 aliphatic heterocycles. The van der Waals surface area contributed by atoms with Crippen molar-refractivity contribution in [1.82, 2.24) is 4.98 Å². The van der Waals surface area contributed by atoms with Crippen molar-refractivity contribution >= 4 is 0 Å². The molecule has 0 aliphatic carbocycles. The van der Waals surface area contributed by atoms with Crippen molar-refractivity contribution in [2.24, 2.45) is 0 Å².